The van der Waals surface area contributed by atoms with E-state index in [0.29, 0.717) is 18.9 Å². The van der Waals surface area contributed by atoms with Gasteiger partial charge in [0, 0.05) is 17.8 Å². The number of aryl methyl sites for hydroxylation is 1. The van der Waals surface area contributed by atoms with E-state index < -0.39 is 0 Å². The quantitative estimate of drug-likeness (QED) is 0.846. The molecule has 3 nitrogen and oxygen atoms in total. The third-order valence-corrected chi connectivity index (χ3v) is 4.24. The molecule has 0 saturated carbocycles. The minimum absolute atomic E-state index is 0. The van der Waals surface area contributed by atoms with Crippen LogP contribution in [0.3, 0.4) is 0 Å². The molecule has 1 aromatic heterocycles. The summed E-state index contributed by atoms with van der Waals surface area (Å²) in [6, 6.07) is 4.07. The maximum Gasteiger partial charge on any atom is 0.220 e. The van der Waals surface area contributed by atoms with Crippen LogP contribution in [0.25, 0.3) is 0 Å². The van der Waals surface area contributed by atoms with Crippen molar-refractivity contribution >= 4 is 29.7 Å². The van der Waals surface area contributed by atoms with Gasteiger partial charge in [0.25, 0.3) is 0 Å². The second-order valence-electron chi connectivity index (χ2n) is 4.90. The van der Waals surface area contributed by atoms with Gasteiger partial charge in [0.05, 0.1) is 5.54 Å². The zero-order valence-electron chi connectivity index (χ0n) is 11.2. The van der Waals surface area contributed by atoms with Crippen LogP contribution in [-0.2, 0) is 11.2 Å². The molecule has 0 saturated heterocycles. The maximum absolute atomic E-state index is 11.9. The molecule has 1 atom stereocenters. The van der Waals surface area contributed by atoms with E-state index in [-0.39, 0.29) is 23.9 Å². The summed E-state index contributed by atoms with van der Waals surface area (Å²) >= 11 is 1.69. The number of amides is 1. The predicted molar refractivity (Wildman–Crippen MR) is 80.3 cm³/mol. The molecular weight excluding hydrogens is 268 g/mol. The second-order valence-corrected chi connectivity index (χ2v) is 5.94. The highest BCUT2D eigenvalue weighted by atomic mass is 35.5. The fraction of sp³-hybridized carbons (Fsp3) is 0.615. The van der Waals surface area contributed by atoms with Crippen LogP contribution in [0.4, 0.5) is 0 Å². The first kappa shape index (κ1) is 17.4. The smallest absolute Gasteiger partial charge is 0.220 e. The lowest BCUT2D eigenvalue weighted by atomic mass is 9.88. The molecule has 1 amide bonds. The average molecular weight is 291 g/mol. The third-order valence-electron chi connectivity index (χ3n) is 3.30. The van der Waals surface area contributed by atoms with Crippen molar-refractivity contribution in [2.24, 2.45) is 11.7 Å². The molecule has 0 aliphatic heterocycles. The van der Waals surface area contributed by atoms with Gasteiger partial charge in [-0.25, -0.2) is 0 Å². The number of carbonyl (C=O) groups excluding carboxylic acids is 1. The lowest BCUT2D eigenvalue weighted by Crippen LogP contribution is -2.55. The van der Waals surface area contributed by atoms with Gasteiger partial charge in [-0.1, -0.05) is 19.9 Å². The number of thiophene rings is 1. The Labute approximate surface area is 120 Å². The summed E-state index contributed by atoms with van der Waals surface area (Å²) in [7, 11) is 0. The highest BCUT2D eigenvalue weighted by molar-refractivity contribution is 7.09. The molecule has 0 aromatic carbocycles. The molecule has 104 valence electrons. The third kappa shape index (κ3) is 4.96. The summed E-state index contributed by atoms with van der Waals surface area (Å²) < 4.78 is 0. The van der Waals surface area contributed by atoms with Gasteiger partial charge in [-0.15, -0.1) is 23.7 Å². The Hall–Kier alpha value is -0.580. The van der Waals surface area contributed by atoms with Gasteiger partial charge in [-0.05, 0) is 30.7 Å². The van der Waals surface area contributed by atoms with Crippen molar-refractivity contribution in [3.05, 3.63) is 22.4 Å². The van der Waals surface area contributed by atoms with E-state index >= 15 is 0 Å². The molecule has 0 bridgehead atoms. The Balaban J connectivity index is 0.00000289. The predicted octanol–water partition coefficient (Wildman–Crippen LogP) is 2.59. The Kier molecular flexibility index (Phi) is 7.52. The lowest BCUT2D eigenvalue weighted by Gasteiger charge is -2.33. The summed E-state index contributed by atoms with van der Waals surface area (Å²) in [6.07, 6.45) is 1.34. The van der Waals surface area contributed by atoms with Crippen LogP contribution in [0, 0.1) is 5.92 Å². The topological polar surface area (TPSA) is 55.1 Å². The lowest BCUT2D eigenvalue weighted by molar-refractivity contribution is -0.123. The van der Waals surface area contributed by atoms with Crippen LogP contribution in [-0.4, -0.2) is 18.0 Å². The largest absolute Gasteiger partial charge is 0.349 e. The molecule has 0 aliphatic carbocycles. The molecule has 0 fully saturated rings. The molecule has 0 spiro atoms. The molecule has 1 rings (SSSR count). The fourth-order valence-corrected chi connectivity index (χ4v) is 2.21. The Morgan fingerprint density at radius 3 is 2.67 bits per heavy atom. The first-order valence-corrected chi connectivity index (χ1v) is 6.89. The Morgan fingerprint density at radius 2 is 2.22 bits per heavy atom. The molecular formula is C13H23ClN2OS. The van der Waals surface area contributed by atoms with Gasteiger partial charge in [0.15, 0.2) is 0 Å². The highest BCUT2D eigenvalue weighted by Crippen LogP contribution is 2.16. The van der Waals surface area contributed by atoms with E-state index in [1.807, 2.05) is 18.4 Å². The summed E-state index contributed by atoms with van der Waals surface area (Å²) in [4.78, 5) is 13.1. The average Bonchev–Trinajstić information content (AvgIpc) is 2.78. The Morgan fingerprint density at radius 1 is 1.56 bits per heavy atom. The second kappa shape index (κ2) is 7.77. The molecule has 0 aliphatic rings. The molecule has 18 heavy (non-hydrogen) atoms. The van der Waals surface area contributed by atoms with E-state index in [2.05, 4.69) is 25.2 Å². The number of hydrogen-bond donors (Lipinski definition) is 2. The minimum Gasteiger partial charge on any atom is -0.349 e. The van der Waals surface area contributed by atoms with Crippen LogP contribution < -0.4 is 11.1 Å². The maximum atomic E-state index is 11.9. The van der Waals surface area contributed by atoms with Crippen molar-refractivity contribution < 1.29 is 4.79 Å². The van der Waals surface area contributed by atoms with Crippen LogP contribution in [0.5, 0.6) is 0 Å². The van der Waals surface area contributed by atoms with E-state index in [1.165, 1.54) is 4.88 Å². The number of hydrogen-bond acceptors (Lipinski definition) is 3. The van der Waals surface area contributed by atoms with Crippen LogP contribution >= 0.6 is 23.7 Å². The van der Waals surface area contributed by atoms with E-state index in [0.717, 1.165) is 6.42 Å². The summed E-state index contributed by atoms with van der Waals surface area (Å²) in [5.74, 6) is 0.415. The van der Waals surface area contributed by atoms with Crippen molar-refractivity contribution in [1.82, 2.24) is 5.32 Å². The van der Waals surface area contributed by atoms with Crippen LogP contribution in [0.1, 0.15) is 32.1 Å². The molecule has 1 unspecified atom stereocenters. The van der Waals surface area contributed by atoms with E-state index in [1.54, 1.807) is 11.3 Å². The first-order chi connectivity index (χ1) is 7.98. The van der Waals surface area contributed by atoms with E-state index in [9.17, 15) is 4.79 Å². The van der Waals surface area contributed by atoms with E-state index in [4.69, 9.17) is 5.73 Å². The standard InChI is InChI=1S/C13H22N2OS.ClH/c1-10(2)13(3,9-14)15-12(16)7-6-11-5-4-8-17-11;/h4-5,8,10H,6-7,9,14H2,1-3H3,(H,15,16);1H. The van der Waals surface area contributed by atoms with Gasteiger partial charge < -0.3 is 11.1 Å². The summed E-state index contributed by atoms with van der Waals surface area (Å²) in [6.45, 7) is 6.62. The first-order valence-electron chi connectivity index (χ1n) is 6.01. The summed E-state index contributed by atoms with van der Waals surface area (Å²) in [5.41, 5.74) is 5.44. The van der Waals surface area contributed by atoms with Gasteiger partial charge >= 0.3 is 0 Å². The monoisotopic (exact) mass is 290 g/mol. The number of carbonyl (C=O) groups is 1. The van der Waals surface area contributed by atoms with Crippen molar-refractivity contribution in [2.75, 3.05) is 6.54 Å². The molecule has 5 heteroatoms. The summed E-state index contributed by atoms with van der Waals surface area (Å²) in [5, 5.41) is 5.08. The zero-order chi connectivity index (χ0) is 12.9. The molecule has 1 heterocycles. The normalized spacial score (nSPS) is 13.8. The number of nitrogens with one attached hydrogen (secondary N) is 1. The molecule has 0 radical (unpaired) electrons. The van der Waals surface area contributed by atoms with Crippen LogP contribution in [0.15, 0.2) is 17.5 Å². The van der Waals surface area contributed by atoms with Gasteiger partial charge in [-0.2, -0.15) is 0 Å². The van der Waals surface area contributed by atoms with Crippen molar-refractivity contribution in [3.63, 3.8) is 0 Å². The number of halogens is 1. The molecule has 3 N–H and O–H groups in total. The van der Waals surface area contributed by atoms with Crippen molar-refractivity contribution in [1.29, 1.82) is 0 Å². The van der Waals surface area contributed by atoms with Crippen LogP contribution in [0.2, 0.25) is 0 Å². The fourth-order valence-electron chi connectivity index (χ4n) is 1.50. The van der Waals surface area contributed by atoms with Gasteiger partial charge in [0.1, 0.15) is 0 Å². The Bertz CT molecular complexity index is 354. The van der Waals surface area contributed by atoms with Crippen molar-refractivity contribution in [3.8, 4) is 0 Å². The van der Waals surface area contributed by atoms with Gasteiger partial charge in [0.2, 0.25) is 5.91 Å². The number of nitrogens with two attached hydrogens (primary N) is 1. The molecule has 1 aromatic rings. The highest BCUT2D eigenvalue weighted by Gasteiger charge is 2.28. The van der Waals surface area contributed by atoms with Gasteiger partial charge in [-0.3, -0.25) is 4.79 Å². The number of rotatable bonds is 6. The van der Waals surface area contributed by atoms with Crippen molar-refractivity contribution in [2.45, 2.75) is 39.2 Å². The zero-order valence-corrected chi connectivity index (χ0v) is 12.9. The SMILES string of the molecule is CC(C)C(C)(CN)NC(=O)CCc1cccs1.Cl. The minimum atomic E-state index is -0.299.